The van der Waals surface area contributed by atoms with E-state index < -0.39 is 15.7 Å². The van der Waals surface area contributed by atoms with Gasteiger partial charge in [0.05, 0.1) is 4.90 Å². The number of carbonyl (C=O) groups is 1. The third-order valence-electron chi connectivity index (χ3n) is 3.81. The number of nitrogens with zero attached hydrogens (tertiary/aromatic N) is 2. The molecule has 9 nitrogen and oxygen atoms in total. The Morgan fingerprint density at radius 2 is 1.78 bits per heavy atom. The molecule has 0 atom stereocenters. The summed E-state index contributed by atoms with van der Waals surface area (Å²) in [5.74, 6) is 0.901. The van der Waals surface area contributed by atoms with Crippen LogP contribution in [0.2, 0.25) is 0 Å². The van der Waals surface area contributed by atoms with Gasteiger partial charge in [0, 0.05) is 17.4 Å². The maximum Gasteiger partial charge on any atom is 0.322 e. The molecule has 138 valence electrons. The average Bonchev–Trinajstić information content (AvgIpc) is 3.29. The standard InChI is InChI=1S/C17H13N3O6S/c1-27(22,23)12-5-2-10(3-6-12)15(21)18-17-20-19-16(26-17)11-4-7-13-14(8-11)25-9-24-13/h2-8H,9H2,1H3,(H,18,20,21). The normalized spacial score (nSPS) is 12.8. The van der Waals surface area contributed by atoms with Crippen molar-refractivity contribution in [3.8, 4) is 23.0 Å². The minimum atomic E-state index is -3.33. The van der Waals surface area contributed by atoms with Crippen molar-refractivity contribution < 1.29 is 27.1 Å². The summed E-state index contributed by atoms with van der Waals surface area (Å²) in [7, 11) is -3.33. The summed E-state index contributed by atoms with van der Waals surface area (Å²) in [4.78, 5) is 12.4. The van der Waals surface area contributed by atoms with Gasteiger partial charge in [-0.15, -0.1) is 5.10 Å². The Kier molecular flexibility index (Phi) is 4.04. The number of rotatable bonds is 4. The van der Waals surface area contributed by atoms with Gasteiger partial charge in [-0.05, 0) is 42.5 Å². The third-order valence-corrected chi connectivity index (χ3v) is 4.94. The second-order valence-electron chi connectivity index (χ2n) is 5.73. The molecule has 0 unspecified atom stereocenters. The fourth-order valence-corrected chi connectivity index (χ4v) is 3.07. The maximum atomic E-state index is 12.2. The zero-order valence-electron chi connectivity index (χ0n) is 14.0. The van der Waals surface area contributed by atoms with Crippen molar-refractivity contribution >= 4 is 21.8 Å². The van der Waals surface area contributed by atoms with Gasteiger partial charge in [0.1, 0.15) is 0 Å². The van der Waals surface area contributed by atoms with E-state index in [0.717, 1.165) is 6.26 Å². The Bertz CT molecular complexity index is 1120. The molecule has 10 heteroatoms. The third kappa shape index (κ3) is 3.47. The van der Waals surface area contributed by atoms with Crippen LogP contribution in [0, 0.1) is 0 Å². The minimum Gasteiger partial charge on any atom is -0.454 e. The number of sulfone groups is 1. The van der Waals surface area contributed by atoms with E-state index in [4.69, 9.17) is 13.9 Å². The molecule has 1 aromatic heterocycles. The molecule has 2 aromatic carbocycles. The van der Waals surface area contributed by atoms with Crippen LogP contribution in [0.25, 0.3) is 11.5 Å². The second-order valence-corrected chi connectivity index (χ2v) is 7.75. The van der Waals surface area contributed by atoms with Crippen molar-refractivity contribution in [1.29, 1.82) is 0 Å². The van der Waals surface area contributed by atoms with E-state index in [0.29, 0.717) is 17.1 Å². The van der Waals surface area contributed by atoms with Gasteiger partial charge >= 0.3 is 6.01 Å². The predicted molar refractivity (Wildman–Crippen MR) is 93.4 cm³/mol. The SMILES string of the molecule is CS(=O)(=O)c1ccc(C(=O)Nc2nnc(-c3ccc4c(c3)OCO4)o2)cc1. The van der Waals surface area contributed by atoms with Crippen molar-refractivity contribution in [3.05, 3.63) is 48.0 Å². The first-order chi connectivity index (χ1) is 12.9. The van der Waals surface area contributed by atoms with Gasteiger partial charge in [0.15, 0.2) is 21.3 Å². The summed E-state index contributed by atoms with van der Waals surface area (Å²) in [6.07, 6.45) is 1.10. The molecule has 0 saturated carbocycles. The van der Waals surface area contributed by atoms with Crippen LogP contribution in [-0.2, 0) is 9.84 Å². The first kappa shape index (κ1) is 17.0. The summed E-state index contributed by atoms with van der Waals surface area (Å²) in [5.41, 5.74) is 0.870. The molecule has 1 aliphatic heterocycles. The van der Waals surface area contributed by atoms with Crippen molar-refractivity contribution in [2.75, 3.05) is 18.4 Å². The average molecular weight is 387 g/mol. The number of hydrogen-bond acceptors (Lipinski definition) is 8. The van der Waals surface area contributed by atoms with Crippen LogP contribution in [0.4, 0.5) is 6.01 Å². The molecule has 3 aromatic rings. The highest BCUT2D eigenvalue weighted by atomic mass is 32.2. The fraction of sp³-hybridized carbons (Fsp3) is 0.118. The lowest BCUT2D eigenvalue weighted by molar-refractivity contribution is 0.102. The lowest BCUT2D eigenvalue weighted by Gasteiger charge is -2.02. The molecule has 1 amide bonds. The fourth-order valence-electron chi connectivity index (χ4n) is 2.44. The largest absolute Gasteiger partial charge is 0.454 e. The van der Waals surface area contributed by atoms with Crippen LogP contribution in [0.5, 0.6) is 11.5 Å². The molecule has 2 heterocycles. The van der Waals surface area contributed by atoms with Crippen molar-refractivity contribution in [3.63, 3.8) is 0 Å². The molecule has 27 heavy (non-hydrogen) atoms. The van der Waals surface area contributed by atoms with Crippen LogP contribution >= 0.6 is 0 Å². The van der Waals surface area contributed by atoms with Crippen LogP contribution in [0.3, 0.4) is 0 Å². The van der Waals surface area contributed by atoms with Crippen LogP contribution < -0.4 is 14.8 Å². The lowest BCUT2D eigenvalue weighted by atomic mass is 10.2. The minimum absolute atomic E-state index is 0.0835. The molecule has 0 radical (unpaired) electrons. The van der Waals surface area contributed by atoms with Gasteiger partial charge in [0.25, 0.3) is 5.91 Å². The van der Waals surface area contributed by atoms with E-state index in [1.807, 2.05) is 0 Å². The number of benzene rings is 2. The Balaban J connectivity index is 1.50. The first-order valence-corrected chi connectivity index (χ1v) is 9.64. The van der Waals surface area contributed by atoms with Gasteiger partial charge in [-0.2, -0.15) is 0 Å². The molecular formula is C17H13N3O6S. The summed E-state index contributed by atoms with van der Waals surface area (Å²) in [6.45, 7) is 0.155. The number of anilines is 1. The van der Waals surface area contributed by atoms with E-state index >= 15 is 0 Å². The predicted octanol–water partition coefficient (Wildman–Crippen LogP) is 2.12. The smallest absolute Gasteiger partial charge is 0.322 e. The second kappa shape index (κ2) is 6.40. The summed E-state index contributed by atoms with van der Waals surface area (Å²) in [5, 5.41) is 10.2. The highest BCUT2D eigenvalue weighted by molar-refractivity contribution is 7.90. The Morgan fingerprint density at radius 1 is 1.04 bits per heavy atom. The molecule has 0 aliphatic carbocycles. The monoisotopic (exact) mass is 387 g/mol. The first-order valence-electron chi connectivity index (χ1n) is 7.75. The molecule has 4 rings (SSSR count). The topological polar surface area (TPSA) is 121 Å². The Labute approximate surface area is 153 Å². The molecular weight excluding hydrogens is 374 g/mol. The van der Waals surface area contributed by atoms with Crippen molar-refractivity contribution in [2.45, 2.75) is 4.90 Å². The van der Waals surface area contributed by atoms with Crippen LogP contribution in [0.15, 0.2) is 51.8 Å². The number of fused-ring (bicyclic) bond motifs is 1. The van der Waals surface area contributed by atoms with E-state index in [1.165, 1.54) is 24.3 Å². The molecule has 1 aliphatic rings. The number of amides is 1. The highest BCUT2D eigenvalue weighted by Gasteiger charge is 2.18. The Morgan fingerprint density at radius 3 is 2.52 bits per heavy atom. The zero-order valence-corrected chi connectivity index (χ0v) is 14.8. The summed E-state index contributed by atoms with van der Waals surface area (Å²) >= 11 is 0. The highest BCUT2D eigenvalue weighted by Crippen LogP contribution is 2.35. The van der Waals surface area contributed by atoms with Crippen molar-refractivity contribution in [2.24, 2.45) is 0 Å². The number of hydrogen-bond donors (Lipinski definition) is 1. The van der Waals surface area contributed by atoms with Gasteiger partial charge in [0.2, 0.25) is 12.7 Å². The lowest BCUT2D eigenvalue weighted by Crippen LogP contribution is -2.12. The van der Waals surface area contributed by atoms with Crippen LogP contribution in [-0.4, -0.2) is 37.6 Å². The molecule has 0 bridgehead atoms. The maximum absolute atomic E-state index is 12.2. The van der Waals surface area contributed by atoms with E-state index in [1.54, 1.807) is 18.2 Å². The summed E-state index contributed by atoms with van der Waals surface area (Å²) in [6, 6.07) is 10.6. The van der Waals surface area contributed by atoms with Gasteiger partial charge in [-0.3, -0.25) is 10.1 Å². The Hall–Kier alpha value is -3.40. The van der Waals surface area contributed by atoms with E-state index in [9.17, 15) is 13.2 Å². The van der Waals surface area contributed by atoms with Gasteiger partial charge < -0.3 is 13.9 Å². The number of ether oxygens (including phenoxy) is 2. The molecule has 1 N–H and O–H groups in total. The quantitative estimate of drug-likeness (QED) is 0.723. The van der Waals surface area contributed by atoms with Crippen LogP contribution in [0.1, 0.15) is 10.4 Å². The molecule has 0 fully saturated rings. The molecule has 0 spiro atoms. The van der Waals surface area contributed by atoms with Gasteiger partial charge in [-0.25, -0.2) is 8.42 Å². The zero-order chi connectivity index (χ0) is 19.0. The summed E-state index contributed by atoms with van der Waals surface area (Å²) < 4.78 is 38.9. The number of nitrogens with one attached hydrogen (secondary N) is 1. The van der Waals surface area contributed by atoms with E-state index in [2.05, 4.69) is 15.5 Å². The number of aromatic nitrogens is 2. The molecule has 0 saturated heterocycles. The van der Waals surface area contributed by atoms with Crippen molar-refractivity contribution in [1.82, 2.24) is 10.2 Å². The van der Waals surface area contributed by atoms with E-state index in [-0.39, 0.29) is 29.2 Å². The van der Waals surface area contributed by atoms with Gasteiger partial charge in [-0.1, -0.05) is 5.10 Å². The number of carbonyl (C=O) groups excluding carboxylic acids is 1.